The van der Waals surface area contributed by atoms with E-state index in [0.29, 0.717) is 11.9 Å². The van der Waals surface area contributed by atoms with E-state index < -0.39 is 0 Å². The molecule has 12 aromatic carbocycles. The number of benzene rings is 12. The van der Waals surface area contributed by atoms with Gasteiger partial charge in [-0.25, -0.2) is 19.9 Å². The van der Waals surface area contributed by atoms with Crippen molar-refractivity contribution in [1.29, 1.82) is 0 Å². The summed E-state index contributed by atoms with van der Waals surface area (Å²) in [6.07, 6.45) is 3.60. The number of hydrogen-bond acceptors (Lipinski definition) is 6. The second-order valence-corrected chi connectivity index (χ2v) is 22.0. The van der Waals surface area contributed by atoms with Gasteiger partial charge in [-0.15, -0.1) is 0 Å². The van der Waals surface area contributed by atoms with E-state index >= 15 is 0 Å². The third-order valence-electron chi connectivity index (χ3n) is 17.6. The smallest absolute Gasteiger partial charge is 0.235 e. The van der Waals surface area contributed by atoms with Crippen LogP contribution in [0.25, 0.3) is 188 Å². The summed E-state index contributed by atoms with van der Waals surface area (Å²) in [5.41, 5.74) is 21.5. The molecule has 0 fully saturated rings. The summed E-state index contributed by atoms with van der Waals surface area (Å²) in [6.45, 7) is 0. The molecule has 6 aromatic heterocycles. The van der Waals surface area contributed by atoms with Gasteiger partial charge in [-0.3, -0.25) is 9.13 Å². The molecule has 0 amide bonds. The number of para-hydroxylation sites is 2. The molecular formula is C76H42N6O2. The molecule has 6 heterocycles. The van der Waals surface area contributed by atoms with Crippen molar-refractivity contribution >= 4 is 109 Å². The van der Waals surface area contributed by atoms with Gasteiger partial charge in [0.05, 0.1) is 33.5 Å². The Labute approximate surface area is 478 Å². The number of nitrogens with zero attached hydrogens (tertiary/aromatic N) is 6. The van der Waals surface area contributed by atoms with Crippen molar-refractivity contribution in [2.24, 2.45) is 0 Å². The van der Waals surface area contributed by atoms with E-state index in [1.165, 1.54) is 87.6 Å². The number of hydrogen-bond donors (Lipinski definition) is 0. The summed E-state index contributed by atoms with van der Waals surface area (Å²) < 4.78 is 17.2. The molecule has 0 spiro atoms. The molecule has 388 valence electrons. The Morgan fingerprint density at radius 2 is 0.679 bits per heavy atom. The van der Waals surface area contributed by atoms with Crippen LogP contribution in [-0.4, -0.2) is 29.1 Å². The van der Waals surface area contributed by atoms with Gasteiger partial charge >= 0.3 is 0 Å². The zero-order chi connectivity index (χ0) is 54.7. The van der Waals surface area contributed by atoms with Crippen molar-refractivity contribution in [2.45, 2.75) is 0 Å². The van der Waals surface area contributed by atoms with Gasteiger partial charge in [-0.2, -0.15) is 0 Å². The first-order chi connectivity index (χ1) is 41.7. The molecule has 0 N–H and O–H groups in total. The maximum atomic E-state index is 6.44. The molecule has 18 aromatic rings. The number of aromatic nitrogens is 6. The van der Waals surface area contributed by atoms with E-state index in [2.05, 4.69) is 219 Å². The molecule has 0 aliphatic heterocycles. The minimum Gasteiger partial charge on any atom is -0.456 e. The summed E-state index contributed by atoms with van der Waals surface area (Å²) in [6, 6.07) is 85.8. The molecule has 0 unspecified atom stereocenters. The summed E-state index contributed by atoms with van der Waals surface area (Å²) in [5.74, 6) is 1.33. The maximum Gasteiger partial charge on any atom is 0.235 e. The monoisotopic (exact) mass is 1070 g/mol. The second kappa shape index (κ2) is 17.0. The third kappa shape index (κ3) is 6.30. The quantitative estimate of drug-likeness (QED) is 0.174. The van der Waals surface area contributed by atoms with E-state index in [0.717, 1.165) is 88.5 Å². The van der Waals surface area contributed by atoms with E-state index in [9.17, 15) is 0 Å². The lowest BCUT2D eigenvalue weighted by molar-refractivity contribution is 0.668. The lowest BCUT2D eigenvalue weighted by Crippen LogP contribution is -2.04. The molecule has 0 bridgehead atoms. The van der Waals surface area contributed by atoms with Gasteiger partial charge in [0.15, 0.2) is 0 Å². The first kappa shape index (κ1) is 45.3. The first-order valence-corrected chi connectivity index (χ1v) is 28.3. The molecule has 0 atom stereocenters. The molecule has 8 heteroatoms. The van der Waals surface area contributed by atoms with Crippen LogP contribution >= 0.6 is 0 Å². The predicted octanol–water partition coefficient (Wildman–Crippen LogP) is 19.9. The van der Waals surface area contributed by atoms with Gasteiger partial charge in [0, 0.05) is 66.6 Å². The van der Waals surface area contributed by atoms with Gasteiger partial charge in [0.1, 0.15) is 22.3 Å². The van der Waals surface area contributed by atoms with Crippen molar-refractivity contribution in [1.82, 2.24) is 29.1 Å². The van der Waals surface area contributed by atoms with Crippen LogP contribution < -0.4 is 0 Å². The summed E-state index contributed by atoms with van der Waals surface area (Å²) >= 11 is 0. The normalized spacial score (nSPS) is 12.3. The highest BCUT2D eigenvalue weighted by molar-refractivity contribution is 6.33. The lowest BCUT2D eigenvalue weighted by Gasteiger charge is -2.14. The average Bonchev–Trinajstić information content (AvgIpc) is 1.72. The zero-order valence-corrected chi connectivity index (χ0v) is 44.7. The van der Waals surface area contributed by atoms with Crippen LogP contribution in [0.1, 0.15) is 0 Å². The Kier molecular flexibility index (Phi) is 9.18. The van der Waals surface area contributed by atoms with Gasteiger partial charge in [-0.1, -0.05) is 170 Å². The molecule has 8 nitrogen and oxygen atoms in total. The fourth-order valence-electron chi connectivity index (χ4n) is 14.1. The van der Waals surface area contributed by atoms with Crippen LogP contribution in [0.5, 0.6) is 0 Å². The summed E-state index contributed by atoms with van der Waals surface area (Å²) in [5, 5.41) is 14.4. The van der Waals surface area contributed by atoms with Gasteiger partial charge < -0.3 is 8.83 Å². The highest BCUT2D eigenvalue weighted by atomic mass is 16.3. The minimum atomic E-state index is 0.651. The van der Waals surface area contributed by atoms with Crippen LogP contribution in [-0.2, 0) is 0 Å². The first-order valence-electron chi connectivity index (χ1n) is 28.3. The lowest BCUT2D eigenvalue weighted by atomic mass is 9.92. The topological polar surface area (TPSA) is 87.7 Å². The standard InChI is InChI=1S/C44H25N3O.C32H17N3O/c1-3-11-26(12-4-1)35-25-36(27-13-5-2-6-14-27)46-44(45-35)47-37-19-10-18-31-33-24-40-34(29-16-7-8-20-39(29)48-40)23-32(33)30-17-9-15-28-21-22-38(47)43(41(28)30)42(31)37;1-2-11-27-19(7-1)24-16-22-20-8-3-6-18-12-13-26-31(29(18)20)30-21(23(22)17-28(24)36-27)9-4-10-25(30)35(26)32-33-14-5-15-34-32/h1-25H;1-17H. The van der Waals surface area contributed by atoms with Gasteiger partial charge in [0.25, 0.3) is 0 Å². The van der Waals surface area contributed by atoms with Crippen molar-refractivity contribution in [3.8, 4) is 78.9 Å². The number of fused-ring (bicyclic) bond motifs is 12. The fraction of sp³-hybridized carbons (Fsp3) is 0. The number of furan rings is 2. The Morgan fingerprint density at radius 1 is 0.262 bits per heavy atom. The van der Waals surface area contributed by atoms with Crippen molar-refractivity contribution in [2.75, 3.05) is 0 Å². The van der Waals surface area contributed by atoms with Crippen LogP contribution in [0.2, 0.25) is 0 Å². The van der Waals surface area contributed by atoms with Crippen LogP contribution in [0.15, 0.2) is 264 Å². The van der Waals surface area contributed by atoms with Crippen molar-refractivity contribution in [3.05, 3.63) is 255 Å². The summed E-state index contributed by atoms with van der Waals surface area (Å²) in [7, 11) is 0. The largest absolute Gasteiger partial charge is 0.456 e. The highest BCUT2D eigenvalue weighted by Crippen LogP contribution is 2.53. The SMILES string of the molecule is c1ccc(-c2cc(-c3ccccc3)nc(-n3c4cccc5c4c4c6c(cccc6ccc43)-c3cc4c(cc3-5)oc3ccccc34)n2)cc1.c1cnc(-n2c3cccc4c3c3c5c(cccc5ccc32)-c2cc3c(cc2-4)oc2ccccc23)nc1. The number of rotatable bonds is 4. The third-order valence-corrected chi connectivity index (χ3v) is 17.6. The predicted molar refractivity (Wildman–Crippen MR) is 342 cm³/mol. The Hall–Kier alpha value is -11.5. The maximum absolute atomic E-state index is 6.44. The minimum absolute atomic E-state index is 0.651. The molecule has 20 rings (SSSR count). The Morgan fingerprint density at radius 3 is 1.18 bits per heavy atom. The zero-order valence-electron chi connectivity index (χ0n) is 44.7. The van der Waals surface area contributed by atoms with Gasteiger partial charge in [0.2, 0.25) is 11.9 Å². The Balaban J connectivity index is 0.000000129. The highest BCUT2D eigenvalue weighted by Gasteiger charge is 2.29. The molecular weight excluding hydrogens is 1030 g/mol. The van der Waals surface area contributed by atoms with E-state index in [-0.39, 0.29) is 0 Å². The second-order valence-electron chi connectivity index (χ2n) is 22.0. The summed E-state index contributed by atoms with van der Waals surface area (Å²) in [4.78, 5) is 19.8. The molecule has 0 radical (unpaired) electrons. The van der Waals surface area contributed by atoms with Crippen molar-refractivity contribution < 1.29 is 8.83 Å². The van der Waals surface area contributed by atoms with Crippen LogP contribution in [0.4, 0.5) is 0 Å². The van der Waals surface area contributed by atoms with E-state index in [1.807, 2.05) is 42.5 Å². The van der Waals surface area contributed by atoms with E-state index in [1.54, 1.807) is 12.4 Å². The molecule has 2 aliphatic rings. The van der Waals surface area contributed by atoms with E-state index in [4.69, 9.17) is 18.8 Å². The molecule has 0 saturated heterocycles. The molecule has 2 aliphatic carbocycles. The van der Waals surface area contributed by atoms with Crippen LogP contribution in [0, 0.1) is 0 Å². The Bertz CT molecular complexity index is 5800. The van der Waals surface area contributed by atoms with Crippen molar-refractivity contribution in [3.63, 3.8) is 0 Å². The van der Waals surface area contributed by atoms with Gasteiger partial charge in [-0.05, 0) is 139 Å². The molecule has 84 heavy (non-hydrogen) atoms. The van der Waals surface area contributed by atoms with Crippen LogP contribution in [0.3, 0.4) is 0 Å². The average molecular weight is 1070 g/mol. The molecule has 0 saturated carbocycles. The fourth-order valence-corrected chi connectivity index (χ4v) is 14.1.